The topological polar surface area (TPSA) is 35.5 Å². The lowest BCUT2D eigenvalue weighted by molar-refractivity contribution is -0.171. The number of hydrogen-bond acceptors (Lipinski definition) is 3. The normalized spacial score (nSPS) is 50.8. The van der Waals surface area contributed by atoms with E-state index in [4.69, 9.17) is 9.47 Å². The third-order valence-electron chi connectivity index (χ3n) is 9.16. The minimum Gasteiger partial charge on any atom is -0.359 e. The fourth-order valence-corrected chi connectivity index (χ4v) is 7.75. The maximum Gasteiger partial charge on any atom is 0.146 e. The van der Waals surface area contributed by atoms with Crippen LogP contribution < -0.4 is 0 Å². The first kappa shape index (κ1) is 18.9. The van der Waals surface area contributed by atoms with E-state index in [0.717, 1.165) is 32.1 Å². The lowest BCUT2D eigenvalue weighted by Crippen LogP contribution is -2.57. The van der Waals surface area contributed by atoms with Gasteiger partial charge in [0.05, 0.1) is 12.8 Å². The molecule has 0 unspecified atom stereocenters. The fourth-order valence-electron chi connectivity index (χ4n) is 7.75. The van der Waals surface area contributed by atoms with Crippen molar-refractivity contribution in [3.05, 3.63) is 0 Å². The number of fused-ring (bicyclic) bond motifs is 5. The van der Waals surface area contributed by atoms with Gasteiger partial charge in [0.1, 0.15) is 12.6 Å². The fraction of sp³-hybridized carbons (Fsp3) is 0.955. The standard InChI is InChI=1S/C22H35FO3/c1-21-8-6-16(24)11-15(21)10-14(12-23)20-17-4-5-19(26-13-25-3)22(17,2)9-7-18(20)21/h14-15,17-20H,4-13H2,1-3H3/t14-,15-,17-,18-,19-,20-,21-,22-/m0/s1. The molecule has 0 radical (unpaired) electrons. The van der Waals surface area contributed by atoms with Gasteiger partial charge in [-0.15, -0.1) is 0 Å². The predicted octanol–water partition coefficient (Wildman–Crippen LogP) is 4.78. The third kappa shape index (κ3) is 2.70. The van der Waals surface area contributed by atoms with Crippen molar-refractivity contribution >= 4 is 5.78 Å². The molecule has 0 N–H and O–H groups in total. The number of hydrogen-bond donors (Lipinski definition) is 0. The molecule has 0 aromatic heterocycles. The van der Waals surface area contributed by atoms with Gasteiger partial charge in [-0.3, -0.25) is 9.18 Å². The van der Waals surface area contributed by atoms with Crippen LogP contribution in [0.3, 0.4) is 0 Å². The van der Waals surface area contributed by atoms with Gasteiger partial charge in [-0.2, -0.15) is 0 Å². The second kappa shape index (κ2) is 6.84. The van der Waals surface area contributed by atoms with Gasteiger partial charge in [0.2, 0.25) is 0 Å². The summed E-state index contributed by atoms with van der Waals surface area (Å²) in [6, 6.07) is 0. The van der Waals surface area contributed by atoms with Crippen LogP contribution in [0.25, 0.3) is 0 Å². The van der Waals surface area contributed by atoms with Gasteiger partial charge < -0.3 is 9.47 Å². The Hall–Kier alpha value is -0.480. The molecule has 0 aliphatic heterocycles. The Labute approximate surface area is 157 Å². The highest BCUT2D eigenvalue weighted by atomic mass is 19.1. The van der Waals surface area contributed by atoms with Crippen LogP contribution >= 0.6 is 0 Å². The van der Waals surface area contributed by atoms with Gasteiger partial charge in [-0.25, -0.2) is 0 Å². The molecule has 0 heterocycles. The van der Waals surface area contributed by atoms with Crippen LogP contribution in [0.4, 0.5) is 4.39 Å². The molecule has 4 rings (SSSR count). The molecule has 4 heteroatoms. The zero-order valence-electron chi connectivity index (χ0n) is 16.6. The highest BCUT2D eigenvalue weighted by Crippen LogP contribution is 2.67. The SMILES string of the molecule is COCO[C@H]1CC[C@H]2[C@@H]3[C@H](CF)C[C@H]4CC(=O)CC[C@]4(C)[C@H]3CC[C@]12C. The number of halogens is 1. The molecule has 4 fully saturated rings. The number of Topliss-reactive ketones (excluding diaryl/α,β-unsaturated/α-hetero) is 1. The Morgan fingerprint density at radius 1 is 1.12 bits per heavy atom. The van der Waals surface area contributed by atoms with Gasteiger partial charge in [0.15, 0.2) is 0 Å². The van der Waals surface area contributed by atoms with Crippen molar-refractivity contribution < 1.29 is 18.7 Å². The Kier molecular flexibility index (Phi) is 4.97. The maximum atomic E-state index is 14.2. The van der Waals surface area contributed by atoms with Crippen molar-refractivity contribution in [3.8, 4) is 0 Å². The summed E-state index contributed by atoms with van der Waals surface area (Å²) >= 11 is 0. The van der Waals surface area contributed by atoms with Crippen LogP contribution in [0.2, 0.25) is 0 Å². The van der Waals surface area contributed by atoms with Crippen LogP contribution in [0.15, 0.2) is 0 Å². The molecule has 0 aromatic carbocycles. The highest BCUT2D eigenvalue weighted by molar-refractivity contribution is 5.79. The molecular weight excluding hydrogens is 331 g/mol. The third-order valence-corrected chi connectivity index (χ3v) is 9.16. The first-order valence-electron chi connectivity index (χ1n) is 10.6. The van der Waals surface area contributed by atoms with Gasteiger partial charge >= 0.3 is 0 Å². The summed E-state index contributed by atoms with van der Waals surface area (Å²) in [6.45, 7) is 4.94. The summed E-state index contributed by atoms with van der Waals surface area (Å²) in [7, 11) is 1.68. The zero-order valence-corrected chi connectivity index (χ0v) is 16.6. The van der Waals surface area contributed by atoms with E-state index in [1.165, 1.54) is 12.8 Å². The van der Waals surface area contributed by atoms with Crippen molar-refractivity contribution in [2.24, 2.45) is 40.4 Å². The molecule has 148 valence electrons. The summed E-state index contributed by atoms with van der Waals surface area (Å²) in [5.74, 6) is 2.53. The van der Waals surface area contributed by atoms with Crippen molar-refractivity contribution in [1.29, 1.82) is 0 Å². The predicted molar refractivity (Wildman–Crippen MR) is 98.3 cm³/mol. The smallest absolute Gasteiger partial charge is 0.146 e. The molecule has 0 amide bonds. The van der Waals surface area contributed by atoms with Crippen molar-refractivity contribution in [2.45, 2.75) is 71.3 Å². The molecule has 26 heavy (non-hydrogen) atoms. The number of methoxy groups -OCH3 is 1. The number of carbonyl (C=O) groups excluding carboxylic acids is 1. The number of rotatable bonds is 4. The van der Waals surface area contributed by atoms with Crippen LogP contribution in [-0.2, 0) is 14.3 Å². The number of carbonyl (C=O) groups is 1. The van der Waals surface area contributed by atoms with E-state index >= 15 is 0 Å². The van der Waals surface area contributed by atoms with E-state index in [9.17, 15) is 9.18 Å². The molecule has 8 atom stereocenters. The lowest BCUT2D eigenvalue weighted by Gasteiger charge is -2.62. The van der Waals surface area contributed by atoms with E-state index in [1.807, 2.05) is 0 Å². The van der Waals surface area contributed by atoms with Crippen molar-refractivity contribution in [2.75, 3.05) is 20.6 Å². The second-order valence-corrected chi connectivity index (χ2v) is 10.1. The quantitative estimate of drug-likeness (QED) is 0.672. The first-order valence-corrected chi connectivity index (χ1v) is 10.6. The molecule has 0 bridgehead atoms. The Morgan fingerprint density at radius 3 is 2.62 bits per heavy atom. The summed E-state index contributed by atoms with van der Waals surface area (Å²) in [5.41, 5.74) is 0.387. The van der Waals surface area contributed by atoms with Crippen LogP contribution in [0.5, 0.6) is 0 Å². The highest BCUT2D eigenvalue weighted by Gasteiger charge is 2.62. The molecular formula is C22H35FO3. The first-order chi connectivity index (χ1) is 12.4. The second-order valence-electron chi connectivity index (χ2n) is 10.1. The van der Waals surface area contributed by atoms with Gasteiger partial charge in [-0.05, 0) is 78.9 Å². The maximum absolute atomic E-state index is 14.2. The average Bonchev–Trinajstić information content (AvgIpc) is 2.96. The molecule has 4 aliphatic carbocycles. The molecule has 0 spiro atoms. The number of ketones is 1. The molecule has 4 aliphatic rings. The average molecular weight is 367 g/mol. The Morgan fingerprint density at radius 2 is 1.88 bits per heavy atom. The Bertz CT molecular complexity index is 552. The summed E-state index contributed by atoms with van der Waals surface area (Å²) < 4.78 is 25.4. The number of ether oxygens (including phenoxy) is 2. The van der Waals surface area contributed by atoms with E-state index < -0.39 is 0 Å². The van der Waals surface area contributed by atoms with Crippen LogP contribution in [-0.4, -0.2) is 32.5 Å². The zero-order chi connectivity index (χ0) is 18.5. The Balaban J connectivity index is 1.62. The van der Waals surface area contributed by atoms with E-state index in [-0.39, 0.29) is 29.5 Å². The lowest BCUT2D eigenvalue weighted by atomic mass is 9.43. The van der Waals surface area contributed by atoms with Gasteiger partial charge in [0.25, 0.3) is 0 Å². The summed E-state index contributed by atoms with van der Waals surface area (Å²) in [5, 5.41) is 0. The minimum absolute atomic E-state index is 0.134. The van der Waals surface area contributed by atoms with E-state index in [0.29, 0.717) is 42.7 Å². The van der Waals surface area contributed by atoms with Crippen LogP contribution in [0, 0.1) is 40.4 Å². The van der Waals surface area contributed by atoms with Crippen LogP contribution in [0.1, 0.15) is 65.2 Å². The van der Waals surface area contributed by atoms with Gasteiger partial charge in [0, 0.05) is 20.0 Å². The molecule has 0 saturated heterocycles. The summed E-state index contributed by atoms with van der Waals surface area (Å²) in [4.78, 5) is 12.1. The minimum atomic E-state index is -0.224. The number of alkyl halides is 1. The molecule has 3 nitrogen and oxygen atoms in total. The molecule has 4 saturated carbocycles. The van der Waals surface area contributed by atoms with Crippen molar-refractivity contribution in [1.82, 2.24) is 0 Å². The molecule has 0 aromatic rings. The van der Waals surface area contributed by atoms with Gasteiger partial charge in [-0.1, -0.05) is 13.8 Å². The van der Waals surface area contributed by atoms with Crippen molar-refractivity contribution in [3.63, 3.8) is 0 Å². The summed E-state index contributed by atoms with van der Waals surface area (Å²) in [6.07, 6.45) is 8.17. The largest absolute Gasteiger partial charge is 0.359 e. The monoisotopic (exact) mass is 366 g/mol. The van der Waals surface area contributed by atoms with E-state index in [2.05, 4.69) is 13.8 Å². The van der Waals surface area contributed by atoms with E-state index in [1.54, 1.807) is 7.11 Å².